The van der Waals surface area contributed by atoms with E-state index in [2.05, 4.69) is 0 Å². The minimum absolute atomic E-state index is 0.000313. The number of benzene rings is 2. The van der Waals surface area contributed by atoms with E-state index in [4.69, 9.17) is 46.9 Å². The van der Waals surface area contributed by atoms with Crippen LogP contribution < -0.4 is 23.2 Å². The number of hydrogen-bond donors (Lipinski definition) is 0. The molecule has 2 aliphatic carbocycles. The summed E-state index contributed by atoms with van der Waals surface area (Å²) in [5.41, 5.74) is -0.555. The highest BCUT2D eigenvalue weighted by Gasteiger charge is 2.39. The van der Waals surface area contributed by atoms with Crippen molar-refractivity contribution in [3.8, 4) is 17.2 Å². The fraction of sp³-hybridized carbons (Fsp3) is 0.500. The summed E-state index contributed by atoms with van der Waals surface area (Å²) in [6, 6.07) is 6.99. The van der Waals surface area contributed by atoms with Gasteiger partial charge in [0.25, 0.3) is 5.91 Å². The number of sulfonamides is 1. The normalized spacial score (nSPS) is 17.4. The van der Waals surface area contributed by atoms with Crippen molar-refractivity contribution in [1.82, 2.24) is 4.90 Å². The number of esters is 1. The molecule has 0 bridgehead atoms. The van der Waals surface area contributed by atoms with Crippen molar-refractivity contribution in [2.75, 3.05) is 30.3 Å². The lowest BCUT2D eigenvalue weighted by atomic mass is 10.0. The van der Waals surface area contributed by atoms with E-state index in [9.17, 15) is 36.8 Å². The molecule has 3 fully saturated rings. The molecule has 0 spiro atoms. The van der Waals surface area contributed by atoms with Crippen LogP contribution in [0.5, 0.6) is 17.2 Å². The molecule has 19 heteroatoms. The van der Waals surface area contributed by atoms with Crippen LogP contribution in [0.25, 0.3) is 0 Å². The van der Waals surface area contributed by atoms with Crippen molar-refractivity contribution in [3.05, 3.63) is 80.7 Å². The van der Waals surface area contributed by atoms with Gasteiger partial charge in [-0.3, -0.25) is 4.79 Å². The zero-order valence-corrected chi connectivity index (χ0v) is 35.2. The Morgan fingerprint density at radius 1 is 0.932 bits per heavy atom. The van der Waals surface area contributed by atoms with E-state index in [1.165, 1.54) is 41.3 Å². The van der Waals surface area contributed by atoms with E-state index in [1.807, 2.05) is 0 Å². The third-order valence-electron chi connectivity index (χ3n) is 9.71. The number of nitrogens with zero attached hydrogens (tertiary/aromatic N) is 3. The van der Waals surface area contributed by atoms with Gasteiger partial charge in [0.1, 0.15) is 39.2 Å². The quantitative estimate of drug-likeness (QED) is 0.0789. The third kappa shape index (κ3) is 11.6. The van der Waals surface area contributed by atoms with E-state index < -0.39 is 52.4 Å². The lowest BCUT2D eigenvalue weighted by Crippen LogP contribution is -2.42. The SMILES string of the molecule is CC(C)(C)OC(=O)N(c1ccc(C(=O)N2CCC[C@H]2C(=O)O[C@@H](Cc2c(Cl)c[n+]([O-])cc2Cl)c2ccc(OC(F)F)c(OCC3CC3)c2)cc1OCC1CC1)S(C)(=O)=O. The summed E-state index contributed by atoms with van der Waals surface area (Å²) in [5, 5.41) is 12.0. The molecule has 2 atom stereocenters. The molecule has 1 aromatic heterocycles. The second-order valence-electron chi connectivity index (χ2n) is 15.9. The van der Waals surface area contributed by atoms with Crippen molar-refractivity contribution < 1.29 is 60.0 Å². The summed E-state index contributed by atoms with van der Waals surface area (Å²) in [4.78, 5) is 42.9. The number of rotatable bonds is 16. The molecule has 6 rings (SSSR count). The summed E-state index contributed by atoms with van der Waals surface area (Å²) < 4.78 is 81.6. The van der Waals surface area contributed by atoms with Gasteiger partial charge < -0.3 is 33.8 Å². The predicted molar refractivity (Wildman–Crippen MR) is 212 cm³/mol. The first-order valence-electron chi connectivity index (χ1n) is 19.1. The fourth-order valence-electron chi connectivity index (χ4n) is 6.44. The molecule has 3 aliphatic rings. The Labute approximate surface area is 350 Å². The second-order valence-corrected chi connectivity index (χ2v) is 18.5. The number of amides is 2. The molecule has 2 amide bonds. The van der Waals surface area contributed by atoms with Gasteiger partial charge in [0.2, 0.25) is 10.0 Å². The molecule has 3 aromatic rings. The van der Waals surface area contributed by atoms with Gasteiger partial charge in [-0.05, 0) is 107 Å². The highest BCUT2D eigenvalue weighted by atomic mass is 35.5. The number of anilines is 1. The van der Waals surface area contributed by atoms with E-state index in [1.54, 1.807) is 20.8 Å². The summed E-state index contributed by atoms with van der Waals surface area (Å²) in [7, 11) is -4.24. The lowest BCUT2D eigenvalue weighted by molar-refractivity contribution is -0.605. The van der Waals surface area contributed by atoms with Gasteiger partial charge in [0.15, 0.2) is 23.9 Å². The molecule has 1 aliphatic heterocycles. The first kappa shape index (κ1) is 44.0. The number of likely N-dealkylation sites (tertiary alicyclic amines) is 1. The van der Waals surface area contributed by atoms with Crippen LogP contribution in [0.2, 0.25) is 10.0 Å². The molecule has 2 aromatic carbocycles. The molecular formula is C40H45Cl2F2N3O11S. The Balaban J connectivity index is 1.30. The maximum absolute atomic E-state index is 14.2. The topological polar surface area (TPSA) is 165 Å². The van der Waals surface area contributed by atoms with Crippen LogP contribution in [-0.2, 0) is 30.7 Å². The number of ether oxygens (including phenoxy) is 5. The van der Waals surface area contributed by atoms with Gasteiger partial charge in [-0.25, -0.2) is 18.0 Å². The van der Waals surface area contributed by atoms with Gasteiger partial charge >= 0.3 is 18.7 Å². The van der Waals surface area contributed by atoms with Crippen molar-refractivity contribution >= 4 is 56.9 Å². The molecule has 0 radical (unpaired) electrons. The molecule has 2 saturated carbocycles. The Morgan fingerprint density at radius 2 is 1.56 bits per heavy atom. The predicted octanol–water partition coefficient (Wildman–Crippen LogP) is 7.64. The van der Waals surface area contributed by atoms with Crippen molar-refractivity contribution in [3.63, 3.8) is 0 Å². The van der Waals surface area contributed by atoms with E-state index >= 15 is 0 Å². The molecule has 0 unspecified atom stereocenters. The van der Waals surface area contributed by atoms with Gasteiger partial charge in [-0.2, -0.15) is 17.8 Å². The number of hydrogen-bond acceptors (Lipinski definition) is 11. The summed E-state index contributed by atoms with van der Waals surface area (Å²) in [6.45, 7) is 2.27. The van der Waals surface area contributed by atoms with Crippen molar-refractivity contribution in [1.29, 1.82) is 0 Å². The Kier molecular flexibility index (Phi) is 13.4. The summed E-state index contributed by atoms with van der Waals surface area (Å²) >= 11 is 12.9. The number of halogens is 4. The Bertz CT molecular complexity index is 2160. The van der Waals surface area contributed by atoms with Crippen LogP contribution in [0, 0.1) is 17.0 Å². The summed E-state index contributed by atoms with van der Waals surface area (Å²) in [5.74, 6) is -1.18. The van der Waals surface area contributed by atoms with Crippen LogP contribution in [0.4, 0.5) is 19.3 Å². The third-order valence-corrected chi connectivity index (χ3v) is 11.4. The first-order chi connectivity index (χ1) is 27.8. The van der Waals surface area contributed by atoms with E-state index in [-0.39, 0.29) is 88.5 Å². The van der Waals surface area contributed by atoms with Gasteiger partial charge in [-0.1, -0.05) is 29.3 Å². The van der Waals surface area contributed by atoms with Crippen molar-refractivity contribution in [2.24, 2.45) is 11.8 Å². The zero-order chi connectivity index (χ0) is 42.8. The first-order valence-corrected chi connectivity index (χ1v) is 21.7. The average molecular weight is 885 g/mol. The van der Waals surface area contributed by atoms with Crippen LogP contribution in [0.1, 0.15) is 86.9 Å². The zero-order valence-electron chi connectivity index (χ0n) is 32.8. The number of pyridine rings is 1. The van der Waals surface area contributed by atoms with Crippen molar-refractivity contribution in [2.45, 2.75) is 90.1 Å². The van der Waals surface area contributed by atoms with Gasteiger partial charge in [0.05, 0.1) is 19.5 Å². The Morgan fingerprint density at radius 3 is 2.14 bits per heavy atom. The monoisotopic (exact) mass is 883 g/mol. The second kappa shape index (κ2) is 17.9. The van der Waals surface area contributed by atoms with Gasteiger partial charge in [-0.15, -0.1) is 0 Å². The molecule has 14 nitrogen and oxygen atoms in total. The average Bonchev–Trinajstić information content (AvgIpc) is 4.08. The van der Waals surface area contributed by atoms with Crippen LogP contribution in [0.15, 0.2) is 48.8 Å². The smallest absolute Gasteiger partial charge is 0.429 e. The minimum Gasteiger partial charge on any atom is -0.619 e. The number of carbonyl (C=O) groups is 3. The van der Waals surface area contributed by atoms with Crippen LogP contribution >= 0.6 is 23.2 Å². The number of alkyl halides is 2. The van der Waals surface area contributed by atoms with Crippen LogP contribution in [-0.4, -0.2) is 75.6 Å². The van der Waals surface area contributed by atoms with E-state index in [0.717, 1.165) is 44.3 Å². The molecular weight excluding hydrogens is 839 g/mol. The maximum Gasteiger partial charge on any atom is 0.429 e. The molecule has 2 heterocycles. The minimum atomic E-state index is -4.24. The molecule has 1 saturated heterocycles. The lowest BCUT2D eigenvalue weighted by Gasteiger charge is -2.28. The standard InChI is InChI=1S/C40H45Cl2F2N3O11S/c1-40(2,3)58-39(50)47(59(4,52)53)30-13-11-26(17-34(30)54-21-23-7-8-23)36(48)46-15-5-6-31(46)37(49)56-33(18-27-28(41)19-45(51)20-29(27)42)25-12-14-32(57-38(43)44)35(16-25)55-22-24-9-10-24/h11-14,16-17,19-20,23-24,31,33,38H,5-10,15,18,21-22H2,1-4H3/t31-,33-/m0/s1. The van der Waals surface area contributed by atoms with Gasteiger partial charge in [0, 0.05) is 24.1 Å². The largest absolute Gasteiger partial charge is 0.619 e. The maximum atomic E-state index is 14.2. The number of aromatic nitrogens is 1. The highest BCUT2D eigenvalue weighted by Crippen LogP contribution is 2.40. The molecule has 0 N–H and O–H groups in total. The Hall–Kier alpha value is -4.61. The fourth-order valence-corrected chi connectivity index (χ4v) is 7.85. The summed E-state index contributed by atoms with van der Waals surface area (Å²) in [6.07, 6.45) is 4.84. The highest BCUT2D eigenvalue weighted by molar-refractivity contribution is 7.92. The van der Waals surface area contributed by atoms with Crippen LogP contribution in [0.3, 0.4) is 0 Å². The van der Waals surface area contributed by atoms with E-state index in [0.29, 0.717) is 21.0 Å². The molecule has 320 valence electrons. The molecule has 59 heavy (non-hydrogen) atoms. The number of carbonyl (C=O) groups excluding carboxylic acids is 3.